The van der Waals surface area contributed by atoms with Gasteiger partial charge in [-0.25, -0.2) is 0 Å². The molecule has 0 unspecified atom stereocenters. The fourth-order valence-electron chi connectivity index (χ4n) is 1.99. The monoisotopic (exact) mass is 337 g/mol. The van der Waals surface area contributed by atoms with Crippen LogP contribution in [-0.2, 0) is 11.2 Å². The van der Waals surface area contributed by atoms with Crippen LogP contribution in [0.4, 0.5) is 0 Å². The molecule has 0 aliphatic heterocycles. The summed E-state index contributed by atoms with van der Waals surface area (Å²) in [5, 5.41) is 10.8. The van der Waals surface area contributed by atoms with Gasteiger partial charge in [0.2, 0.25) is 5.91 Å². The number of hydrogen-bond donors (Lipinski definition) is 2. The molecule has 0 aliphatic carbocycles. The number of carbonyl (C=O) groups is 1. The molecule has 1 aromatic carbocycles. The number of aryl methyl sites for hydroxylation is 2. The first-order chi connectivity index (χ1) is 10.6. The molecule has 0 radical (unpaired) electrons. The zero-order valence-corrected chi connectivity index (χ0v) is 14.4. The zero-order valence-electron chi connectivity index (χ0n) is 12.8. The normalized spacial score (nSPS) is 10.7. The van der Waals surface area contributed by atoms with Crippen molar-refractivity contribution in [1.82, 2.24) is 15.5 Å². The van der Waals surface area contributed by atoms with Gasteiger partial charge in [0.25, 0.3) is 0 Å². The first kappa shape index (κ1) is 16.9. The SMILES string of the molecule is Cc1[nH]nc(CCC(=O)NCCSc2ccc(Cl)cc2)c1C. The van der Waals surface area contributed by atoms with Crippen molar-refractivity contribution in [1.29, 1.82) is 0 Å². The third-order valence-electron chi connectivity index (χ3n) is 3.45. The van der Waals surface area contributed by atoms with Crippen LogP contribution in [-0.4, -0.2) is 28.4 Å². The number of halogens is 1. The molecule has 2 rings (SSSR count). The largest absolute Gasteiger partial charge is 0.355 e. The number of hydrogen-bond acceptors (Lipinski definition) is 3. The first-order valence-corrected chi connectivity index (χ1v) is 8.58. The number of rotatable bonds is 7. The number of nitrogens with one attached hydrogen (secondary N) is 2. The van der Waals surface area contributed by atoms with Crippen LogP contribution in [0, 0.1) is 13.8 Å². The molecule has 6 heteroatoms. The van der Waals surface area contributed by atoms with E-state index in [1.165, 1.54) is 0 Å². The minimum Gasteiger partial charge on any atom is -0.355 e. The van der Waals surface area contributed by atoms with Gasteiger partial charge in [0.1, 0.15) is 0 Å². The van der Waals surface area contributed by atoms with Gasteiger partial charge in [-0.2, -0.15) is 5.10 Å². The predicted molar refractivity (Wildman–Crippen MR) is 91.6 cm³/mol. The van der Waals surface area contributed by atoms with E-state index < -0.39 is 0 Å². The Morgan fingerprint density at radius 1 is 1.32 bits per heavy atom. The summed E-state index contributed by atoms with van der Waals surface area (Å²) in [6.07, 6.45) is 1.14. The number of thioether (sulfide) groups is 1. The zero-order chi connectivity index (χ0) is 15.9. The molecule has 118 valence electrons. The molecule has 1 heterocycles. The minimum absolute atomic E-state index is 0.0664. The van der Waals surface area contributed by atoms with Crippen molar-refractivity contribution in [2.45, 2.75) is 31.6 Å². The third-order valence-corrected chi connectivity index (χ3v) is 4.72. The van der Waals surface area contributed by atoms with E-state index in [-0.39, 0.29) is 5.91 Å². The Morgan fingerprint density at radius 2 is 2.05 bits per heavy atom. The Balaban J connectivity index is 1.63. The molecule has 2 aromatic rings. The van der Waals surface area contributed by atoms with Crippen molar-refractivity contribution < 1.29 is 4.79 Å². The van der Waals surface area contributed by atoms with E-state index in [2.05, 4.69) is 15.5 Å². The van der Waals surface area contributed by atoms with Gasteiger partial charge in [-0.15, -0.1) is 11.8 Å². The minimum atomic E-state index is 0.0664. The summed E-state index contributed by atoms with van der Waals surface area (Å²) in [6.45, 7) is 4.67. The van der Waals surface area contributed by atoms with E-state index in [1.54, 1.807) is 11.8 Å². The summed E-state index contributed by atoms with van der Waals surface area (Å²) in [6, 6.07) is 7.71. The maximum Gasteiger partial charge on any atom is 0.220 e. The molecule has 1 aromatic heterocycles. The van der Waals surface area contributed by atoms with Gasteiger partial charge in [0, 0.05) is 40.8 Å². The second-order valence-corrected chi connectivity index (χ2v) is 6.68. The van der Waals surface area contributed by atoms with Crippen LogP contribution in [0.25, 0.3) is 0 Å². The van der Waals surface area contributed by atoms with Gasteiger partial charge in [0.05, 0.1) is 5.69 Å². The van der Waals surface area contributed by atoms with Gasteiger partial charge in [-0.1, -0.05) is 11.6 Å². The molecule has 22 heavy (non-hydrogen) atoms. The summed E-state index contributed by atoms with van der Waals surface area (Å²) >= 11 is 7.54. The number of amides is 1. The van der Waals surface area contributed by atoms with Gasteiger partial charge < -0.3 is 5.32 Å². The van der Waals surface area contributed by atoms with E-state index in [0.717, 1.165) is 32.6 Å². The average molecular weight is 338 g/mol. The molecule has 4 nitrogen and oxygen atoms in total. The quantitative estimate of drug-likeness (QED) is 0.600. The highest BCUT2D eigenvalue weighted by Gasteiger charge is 2.08. The van der Waals surface area contributed by atoms with Crippen molar-refractivity contribution in [2.75, 3.05) is 12.3 Å². The summed E-state index contributed by atoms with van der Waals surface area (Å²) < 4.78 is 0. The second-order valence-electron chi connectivity index (χ2n) is 5.07. The molecule has 0 fully saturated rings. The Hall–Kier alpha value is -1.46. The second kappa shape index (κ2) is 8.25. The average Bonchev–Trinajstić information content (AvgIpc) is 2.83. The highest BCUT2D eigenvalue weighted by atomic mass is 35.5. The molecule has 0 saturated heterocycles. The highest BCUT2D eigenvalue weighted by molar-refractivity contribution is 7.99. The smallest absolute Gasteiger partial charge is 0.220 e. The van der Waals surface area contributed by atoms with E-state index in [4.69, 9.17) is 11.6 Å². The molecule has 0 atom stereocenters. The maximum atomic E-state index is 11.8. The van der Waals surface area contributed by atoms with E-state index in [0.29, 0.717) is 19.4 Å². The predicted octanol–water partition coefficient (Wildman–Crippen LogP) is 3.52. The van der Waals surface area contributed by atoms with Crippen LogP contribution < -0.4 is 5.32 Å². The highest BCUT2D eigenvalue weighted by Crippen LogP contribution is 2.19. The van der Waals surface area contributed by atoms with Crippen molar-refractivity contribution in [3.63, 3.8) is 0 Å². The number of aromatic amines is 1. The van der Waals surface area contributed by atoms with Crippen molar-refractivity contribution >= 4 is 29.3 Å². The lowest BCUT2D eigenvalue weighted by atomic mass is 10.1. The lowest BCUT2D eigenvalue weighted by Gasteiger charge is -2.05. The van der Waals surface area contributed by atoms with E-state index in [9.17, 15) is 4.79 Å². The number of nitrogens with zero attached hydrogens (tertiary/aromatic N) is 1. The van der Waals surface area contributed by atoms with Gasteiger partial charge >= 0.3 is 0 Å². The number of aromatic nitrogens is 2. The Morgan fingerprint density at radius 3 is 2.68 bits per heavy atom. The third kappa shape index (κ3) is 5.07. The lowest BCUT2D eigenvalue weighted by Crippen LogP contribution is -2.26. The topological polar surface area (TPSA) is 57.8 Å². The fraction of sp³-hybridized carbons (Fsp3) is 0.375. The molecule has 0 saturated carbocycles. The fourth-order valence-corrected chi connectivity index (χ4v) is 2.88. The van der Waals surface area contributed by atoms with Crippen LogP contribution in [0.3, 0.4) is 0 Å². The Bertz CT molecular complexity index is 625. The summed E-state index contributed by atoms with van der Waals surface area (Å²) in [7, 11) is 0. The Kier molecular flexibility index (Phi) is 6.34. The summed E-state index contributed by atoms with van der Waals surface area (Å²) in [4.78, 5) is 13.0. The van der Waals surface area contributed by atoms with E-state index in [1.807, 2.05) is 38.1 Å². The van der Waals surface area contributed by atoms with Gasteiger partial charge in [0.15, 0.2) is 0 Å². The lowest BCUT2D eigenvalue weighted by molar-refractivity contribution is -0.120. The van der Waals surface area contributed by atoms with Crippen molar-refractivity contribution in [3.05, 3.63) is 46.2 Å². The molecule has 0 bridgehead atoms. The molecular weight excluding hydrogens is 318 g/mol. The van der Waals surface area contributed by atoms with Crippen molar-refractivity contribution in [3.8, 4) is 0 Å². The van der Waals surface area contributed by atoms with Crippen LogP contribution in [0.1, 0.15) is 23.4 Å². The molecular formula is C16H20ClN3OS. The molecule has 0 aliphatic rings. The maximum absolute atomic E-state index is 11.8. The van der Waals surface area contributed by atoms with Crippen LogP contribution in [0.5, 0.6) is 0 Å². The molecule has 2 N–H and O–H groups in total. The Labute approximate surface area is 140 Å². The van der Waals surface area contributed by atoms with Gasteiger partial charge in [-0.05, 0) is 43.7 Å². The van der Waals surface area contributed by atoms with Gasteiger partial charge in [-0.3, -0.25) is 9.89 Å². The number of H-pyrrole nitrogens is 1. The molecule has 0 spiro atoms. The van der Waals surface area contributed by atoms with E-state index >= 15 is 0 Å². The molecule has 1 amide bonds. The van der Waals surface area contributed by atoms with Crippen molar-refractivity contribution in [2.24, 2.45) is 0 Å². The first-order valence-electron chi connectivity index (χ1n) is 7.22. The standard InChI is InChI=1S/C16H20ClN3OS/c1-11-12(2)19-20-15(11)7-8-16(21)18-9-10-22-14-5-3-13(17)4-6-14/h3-6H,7-10H2,1-2H3,(H,18,21)(H,19,20). The number of carbonyl (C=O) groups excluding carboxylic acids is 1. The summed E-state index contributed by atoms with van der Waals surface area (Å²) in [5.41, 5.74) is 3.18. The summed E-state index contributed by atoms with van der Waals surface area (Å²) in [5.74, 6) is 0.908. The van der Waals surface area contributed by atoms with Crippen LogP contribution in [0.15, 0.2) is 29.2 Å². The number of benzene rings is 1. The van der Waals surface area contributed by atoms with Crippen LogP contribution >= 0.6 is 23.4 Å². The van der Waals surface area contributed by atoms with Crippen LogP contribution in [0.2, 0.25) is 5.02 Å².